The minimum atomic E-state index is -0.412. The maximum atomic E-state index is 12.1. The highest BCUT2D eigenvalue weighted by atomic mass is 16.2. The number of amides is 2. The van der Waals surface area contributed by atoms with Crippen molar-refractivity contribution in [2.24, 2.45) is 5.92 Å². The second kappa shape index (κ2) is 6.63. The lowest BCUT2D eigenvalue weighted by atomic mass is 10.3. The van der Waals surface area contributed by atoms with E-state index < -0.39 is 5.91 Å². The smallest absolute Gasteiger partial charge is 0.273 e. The Kier molecular flexibility index (Phi) is 4.15. The van der Waals surface area contributed by atoms with Crippen LogP contribution in [0.1, 0.15) is 28.9 Å². The lowest BCUT2D eigenvalue weighted by Crippen LogP contribution is -2.22. The molecule has 3 aromatic heterocycles. The van der Waals surface area contributed by atoms with Crippen LogP contribution >= 0.6 is 0 Å². The molecule has 0 aliphatic heterocycles. The SMILES string of the molecule is CNC(=O)c1nnc(NC(=O)C2CC2)cc1Nc1nc2ccc(C)cn2n1. The molecule has 138 valence electrons. The number of rotatable bonds is 5. The molecule has 4 rings (SSSR count). The van der Waals surface area contributed by atoms with Gasteiger partial charge in [-0.05, 0) is 31.4 Å². The number of pyridine rings is 1. The number of hydrogen-bond acceptors (Lipinski definition) is 7. The van der Waals surface area contributed by atoms with Crippen molar-refractivity contribution < 1.29 is 9.59 Å². The summed E-state index contributed by atoms with van der Waals surface area (Å²) in [6.45, 7) is 1.96. The third-order valence-electron chi connectivity index (χ3n) is 4.16. The van der Waals surface area contributed by atoms with Crippen LogP contribution in [-0.4, -0.2) is 43.7 Å². The molecule has 0 bridgehead atoms. The summed E-state index contributed by atoms with van der Waals surface area (Å²) in [6, 6.07) is 5.33. The van der Waals surface area contributed by atoms with E-state index in [1.54, 1.807) is 10.6 Å². The molecule has 0 radical (unpaired) electrons. The van der Waals surface area contributed by atoms with Crippen molar-refractivity contribution in [2.75, 3.05) is 17.7 Å². The third kappa shape index (κ3) is 3.54. The summed E-state index contributed by atoms with van der Waals surface area (Å²) in [6.07, 6.45) is 3.61. The first-order chi connectivity index (χ1) is 13.0. The van der Waals surface area contributed by atoms with Crippen LogP contribution in [0.15, 0.2) is 24.4 Å². The van der Waals surface area contributed by atoms with Gasteiger partial charge in [0.2, 0.25) is 11.9 Å². The molecule has 3 N–H and O–H groups in total. The normalized spacial score (nSPS) is 13.4. The Morgan fingerprint density at radius 3 is 2.78 bits per heavy atom. The molecule has 1 fully saturated rings. The van der Waals surface area contributed by atoms with E-state index in [9.17, 15) is 9.59 Å². The number of nitrogens with zero attached hydrogens (tertiary/aromatic N) is 5. The molecule has 1 saturated carbocycles. The van der Waals surface area contributed by atoms with Gasteiger partial charge in [-0.3, -0.25) is 9.59 Å². The number of carbonyl (C=O) groups is 2. The van der Waals surface area contributed by atoms with Gasteiger partial charge < -0.3 is 16.0 Å². The topological polar surface area (TPSA) is 126 Å². The number of carbonyl (C=O) groups excluding carboxylic acids is 2. The monoisotopic (exact) mass is 366 g/mol. The quantitative estimate of drug-likeness (QED) is 0.621. The lowest BCUT2D eigenvalue weighted by Gasteiger charge is -2.09. The molecule has 2 amide bonds. The van der Waals surface area contributed by atoms with Crippen molar-refractivity contribution in [2.45, 2.75) is 19.8 Å². The van der Waals surface area contributed by atoms with Gasteiger partial charge in [-0.2, -0.15) is 4.98 Å². The van der Waals surface area contributed by atoms with Crippen molar-refractivity contribution in [3.05, 3.63) is 35.7 Å². The highest BCUT2D eigenvalue weighted by Crippen LogP contribution is 2.30. The van der Waals surface area contributed by atoms with Crippen molar-refractivity contribution in [3.8, 4) is 0 Å². The number of aromatic nitrogens is 5. The van der Waals surface area contributed by atoms with Gasteiger partial charge in [0, 0.05) is 25.2 Å². The Morgan fingerprint density at radius 1 is 1.22 bits per heavy atom. The minimum Gasteiger partial charge on any atom is -0.354 e. The van der Waals surface area contributed by atoms with Crippen LogP contribution in [0, 0.1) is 12.8 Å². The van der Waals surface area contributed by atoms with Crippen molar-refractivity contribution in [3.63, 3.8) is 0 Å². The van der Waals surface area contributed by atoms with E-state index in [1.807, 2.05) is 25.3 Å². The van der Waals surface area contributed by atoms with Crippen LogP contribution in [-0.2, 0) is 4.79 Å². The fourth-order valence-corrected chi connectivity index (χ4v) is 2.57. The van der Waals surface area contributed by atoms with Gasteiger partial charge in [0.05, 0.1) is 5.69 Å². The van der Waals surface area contributed by atoms with E-state index in [2.05, 4.69) is 36.2 Å². The van der Waals surface area contributed by atoms with Crippen LogP contribution in [0.2, 0.25) is 0 Å². The molecule has 27 heavy (non-hydrogen) atoms. The Morgan fingerprint density at radius 2 is 2.04 bits per heavy atom. The molecule has 0 atom stereocenters. The number of anilines is 3. The molecule has 3 heterocycles. The Balaban J connectivity index is 1.66. The molecule has 0 unspecified atom stereocenters. The zero-order valence-corrected chi connectivity index (χ0v) is 14.9. The predicted octanol–water partition coefficient (Wildman–Crippen LogP) is 1.28. The summed E-state index contributed by atoms with van der Waals surface area (Å²) in [7, 11) is 1.50. The molecule has 1 aliphatic carbocycles. The highest BCUT2D eigenvalue weighted by Gasteiger charge is 2.30. The van der Waals surface area contributed by atoms with Gasteiger partial charge in [-0.1, -0.05) is 6.07 Å². The van der Waals surface area contributed by atoms with Gasteiger partial charge in [0.15, 0.2) is 17.2 Å². The molecule has 10 nitrogen and oxygen atoms in total. The molecule has 3 aromatic rings. The Bertz CT molecular complexity index is 1040. The first kappa shape index (κ1) is 16.9. The van der Waals surface area contributed by atoms with Crippen molar-refractivity contribution in [1.82, 2.24) is 30.1 Å². The van der Waals surface area contributed by atoms with Crippen LogP contribution in [0.25, 0.3) is 5.65 Å². The second-order valence-corrected chi connectivity index (χ2v) is 6.40. The average Bonchev–Trinajstić information content (AvgIpc) is 3.42. The molecule has 1 aliphatic rings. The average molecular weight is 366 g/mol. The van der Waals surface area contributed by atoms with Crippen LogP contribution in [0.5, 0.6) is 0 Å². The van der Waals surface area contributed by atoms with E-state index in [0.29, 0.717) is 17.3 Å². The van der Waals surface area contributed by atoms with Gasteiger partial charge in [-0.15, -0.1) is 15.3 Å². The number of fused-ring (bicyclic) bond motifs is 1. The second-order valence-electron chi connectivity index (χ2n) is 6.40. The molecular formula is C17H18N8O2. The predicted molar refractivity (Wildman–Crippen MR) is 97.8 cm³/mol. The number of aryl methyl sites for hydroxylation is 1. The summed E-state index contributed by atoms with van der Waals surface area (Å²) < 4.78 is 1.64. The van der Waals surface area contributed by atoms with E-state index in [0.717, 1.165) is 18.4 Å². The fraction of sp³-hybridized carbons (Fsp3) is 0.294. The van der Waals surface area contributed by atoms with Gasteiger partial charge in [-0.25, -0.2) is 4.52 Å². The number of hydrogen-bond donors (Lipinski definition) is 3. The first-order valence-corrected chi connectivity index (χ1v) is 8.54. The minimum absolute atomic E-state index is 0.0326. The van der Waals surface area contributed by atoms with Crippen LogP contribution < -0.4 is 16.0 Å². The maximum Gasteiger partial charge on any atom is 0.273 e. The summed E-state index contributed by atoms with van der Waals surface area (Å²) >= 11 is 0. The van der Waals surface area contributed by atoms with E-state index in [1.165, 1.54) is 7.05 Å². The lowest BCUT2D eigenvalue weighted by molar-refractivity contribution is -0.117. The van der Waals surface area contributed by atoms with Crippen LogP contribution in [0.4, 0.5) is 17.5 Å². The first-order valence-electron chi connectivity index (χ1n) is 8.54. The number of nitrogens with one attached hydrogen (secondary N) is 3. The highest BCUT2D eigenvalue weighted by molar-refractivity contribution is 5.99. The van der Waals surface area contributed by atoms with Gasteiger partial charge >= 0.3 is 0 Å². The molecule has 0 aromatic carbocycles. The summed E-state index contributed by atoms with van der Waals surface area (Å²) in [5.41, 5.74) is 2.13. The third-order valence-corrected chi connectivity index (χ3v) is 4.16. The molecule has 10 heteroatoms. The molecule has 0 spiro atoms. The summed E-state index contributed by atoms with van der Waals surface area (Å²) in [4.78, 5) is 28.4. The molecular weight excluding hydrogens is 348 g/mol. The van der Waals surface area contributed by atoms with Crippen molar-refractivity contribution >= 4 is 34.9 Å². The zero-order chi connectivity index (χ0) is 19.0. The zero-order valence-electron chi connectivity index (χ0n) is 14.9. The fourth-order valence-electron chi connectivity index (χ4n) is 2.57. The summed E-state index contributed by atoms with van der Waals surface area (Å²) in [5.74, 6) is 0.0963. The van der Waals surface area contributed by atoms with E-state index in [-0.39, 0.29) is 23.3 Å². The van der Waals surface area contributed by atoms with Crippen LogP contribution in [0.3, 0.4) is 0 Å². The largest absolute Gasteiger partial charge is 0.354 e. The van der Waals surface area contributed by atoms with E-state index in [4.69, 9.17) is 0 Å². The van der Waals surface area contributed by atoms with Gasteiger partial charge in [0.1, 0.15) is 0 Å². The standard InChI is InChI=1S/C17H18N8O2/c1-9-3-6-13-21-17(24-25(13)8-9)19-11-7-12(20-15(26)10-4-5-10)22-23-14(11)16(27)18-2/h3,6-8,10H,4-5H2,1-2H3,(H,18,27)(H2,19,20,22,24,26). The Hall–Kier alpha value is -3.56. The van der Waals surface area contributed by atoms with Gasteiger partial charge in [0.25, 0.3) is 5.91 Å². The Labute approximate surface area is 154 Å². The summed E-state index contributed by atoms with van der Waals surface area (Å²) in [5, 5.41) is 20.5. The van der Waals surface area contributed by atoms with E-state index >= 15 is 0 Å². The maximum absolute atomic E-state index is 12.1. The van der Waals surface area contributed by atoms with Crippen molar-refractivity contribution in [1.29, 1.82) is 0 Å². The molecule has 0 saturated heterocycles.